The van der Waals surface area contributed by atoms with E-state index in [2.05, 4.69) is 10.3 Å². The monoisotopic (exact) mass is 227 g/mol. The van der Waals surface area contributed by atoms with E-state index >= 15 is 0 Å². The van der Waals surface area contributed by atoms with Crippen molar-refractivity contribution in [3.8, 4) is 0 Å². The highest BCUT2D eigenvalue weighted by atomic mass is 16.2. The number of hydrogen-bond donors (Lipinski definition) is 4. The van der Waals surface area contributed by atoms with Crippen molar-refractivity contribution in [1.29, 1.82) is 0 Å². The van der Waals surface area contributed by atoms with Gasteiger partial charge in [-0.25, -0.2) is 4.79 Å². The van der Waals surface area contributed by atoms with E-state index in [-0.39, 0.29) is 24.5 Å². The maximum absolute atomic E-state index is 11.4. The number of nitrogens with one attached hydrogen (secondary N) is 2. The summed E-state index contributed by atoms with van der Waals surface area (Å²) in [5, 5.41) is 2.65. The van der Waals surface area contributed by atoms with Gasteiger partial charge in [-0.15, -0.1) is 0 Å². The standard InChI is InChI=1S/C8H13N5O3/c1-13-6(10)5(7(15)12-8(13)16)11-3-2-4(9)14/h11H,2-3,10H2,1H3,(H2,9,14)(H,12,15,16). The molecule has 16 heavy (non-hydrogen) atoms. The van der Waals surface area contributed by atoms with E-state index < -0.39 is 17.2 Å². The molecule has 0 atom stereocenters. The third-order valence-corrected chi connectivity index (χ3v) is 2.04. The van der Waals surface area contributed by atoms with Gasteiger partial charge in [-0.3, -0.25) is 19.1 Å². The van der Waals surface area contributed by atoms with Gasteiger partial charge >= 0.3 is 5.69 Å². The van der Waals surface area contributed by atoms with Crippen LogP contribution in [-0.4, -0.2) is 22.0 Å². The number of carbonyl (C=O) groups excluding carboxylic acids is 1. The summed E-state index contributed by atoms with van der Waals surface area (Å²) in [6.45, 7) is 0.181. The first-order valence-corrected chi connectivity index (χ1v) is 4.54. The number of nitrogens with zero attached hydrogens (tertiary/aromatic N) is 1. The lowest BCUT2D eigenvalue weighted by Gasteiger charge is -2.09. The zero-order valence-corrected chi connectivity index (χ0v) is 8.74. The van der Waals surface area contributed by atoms with Crippen LogP contribution in [0.15, 0.2) is 9.59 Å². The van der Waals surface area contributed by atoms with E-state index in [9.17, 15) is 14.4 Å². The number of aromatic amines is 1. The lowest BCUT2D eigenvalue weighted by Crippen LogP contribution is -2.33. The summed E-state index contributed by atoms with van der Waals surface area (Å²) in [5.41, 5.74) is 9.34. The predicted molar refractivity (Wildman–Crippen MR) is 59.0 cm³/mol. The Bertz CT molecular complexity index is 515. The molecule has 8 heteroatoms. The summed E-state index contributed by atoms with van der Waals surface area (Å²) in [6, 6.07) is 0. The molecule has 0 aliphatic rings. The van der Waals surface area contributed by atoms with E-state index in [1.165, 1.54) is 7.05 Å². The van der Waals surface area contributed by atoms with E-state index in [1.54, 1.807) is 0 Å². The van der Waals surface area contributed by atoms with Crippen molar-refractivity contribution < 1.29 is 4.79 Å². The first-order chi connectivity index (χ1) is 7.43. The summed E-state index contributed by atoms with van der Waals surface area (Å²) < 4.78 is 1.09. The predicted octanol–water partition coefficient (Wildman–Crippen LogP) is -2.06. The molecule has 0 aromatic carbocycles. The van der Waals surface area contributed by atoms with Crippen LogP contribution < -0.4 is 28.0 Å². The lowest BCUT2D eigenvalue weighted by molar-refractivity contribution is -0.117. The number of aromatic nitrogens is 2. The van der Waals surface area contributed by atoms with Crippen molar-refractivity contribution in [3.63, 3.8) is 0 Å². The first-order valence-electron chi connectivity index (χ1n) is 4.54. The average Bonchev–Trinajstić information content (AvgIpc) is 2.19. The number of nitrogens with two attached hydrogens (primary N) is 2. The van der Waals surface area contributed by atoms with E-state index in [0.29, 0.717) is 0 Å². The number of anilines is 2. The fraction of sp³-hybridized carbons (Fsp3) is 0.375. The zero-order chi connectivity index (χ0) is 12.3. The number of amides is 1. The normalized spacial score (nSPS) is 10.1. The van der Waals surface area contributed by atoms with Crippen LogP contribution in [0.3, 0.4) is 0 Å². The number of carbonyl (C=O) groups is 1. The molecule has 1 amide bonds. The molecule has 0 spiro atoms. The number of H-pyrrole nitrogens is 1. The molecule has 0 fully saturated rings. The summed E-state index contributed by atoms with van der Waals surface area (Å²) >= 11 is 0. The van der Waals surface area contributed by atoms with Gasteiger partial charge in [-0.2, -0.15) is 0 Å². The van der Waals surface area contributed by atoms with Crippen LogP contribution in [0.4, 0.5) is 11.5 Å². The Kier molecular flexibility index (Phi) is 3.33. The fourth-order valence-electron chi connectivity index (χ4n) is 1.12. The van der Waals surface area contributed by atoms with Crippen LogP contribution in [0.25, 0.3) is 0 Å². The molecule has 1 aromatic rings. The largest absolute Gasteiger partial charge is 0.383 e. The Balaban J connectivity index is 2.97. The quantitative estimate of drug-likeness (QED) is 0.469. The molecule has 0 radical (unpaired) electrons. The molecular weight excluding hydrogens is 214 g/mol. The average molecular weight is 227 g/mol. The zero-order valence-electron chi connectivity index (χ0n) is 8.74. The van der Waals surface area contributed by atoms with Gasteiger partial charge in [0.1, 0.15) is 11.5 Å². The Morgan fingerprint density at radius 3 is 2.69 bits per heavy atom. The van der Waals surface area contributed by atoms with Crippen LogP contribution >= 0.6 is 0 Å². The molecule has 1 aromatic heterocycles. The van der Waals surface area contributed by atoms with Crippen molar-refractivity contribution in [1.82, 2.24) is 9.55 Å². The minimum absolute atomic E-state index is 0.0122. The second kappa shape index (κ2) is 4.51. The van der Waals surface area contributed by atoms with Gasteiger partial charge in [-0.05, 0) is 0 Å². The highest BCUT2D eigenvalue weighted by molar-refractivity contribution is 5.74. The van der Waals surface area contributed by atoms with Crippen molar-refractivity contribution in [3.05, 3.63) is 20.8 Å². The summed E-state index contributed by atoms with van der Waals surface area (Å²) in [5.74, 6) is -0.481. The smallest absolute Gasteiger partial charge is 0.329 e. The SMILES string of the molecule is Cn1c(N)c(NCCC(N)=O)c(=O)[nH]c1=O. The van der Waals surface area contributed by atoms with Gasteiger partial charge in [0.25, 0.3) is 5.56 Å². The third-order valence-electron chi connectivity index (χ3n) is 2.04. The Morgan fingerprint density at radius 1 is 1.50 bits per heavy atom. The molecule has 0 aliphatic carbocycles. The minimum Gasteiger partial charge on any atom is -0.383 e. The van der Waals surface area contributed by atoms with Crippen LogP contribution in [0, 0.1) is 0 Å². The van der Waals surface area contributed by atoms with Crippen molar-refractivity contribution >= 4 is 17.4 Å². The molecule has 88 valence electrons. The van der Waals surface area contributed by atoms with Crippen molar-refractivity contribution in [2.45, 2.75) is 6.42 Å². The van der Waals surface area contributed by atoms with Gasteiger partial charge in [0, 0.05) is 20.0 Å². The highest BCUT2D eigenvalue weighted by Crippen LogP contribution is 2.07. The summed E-state index contributed by atoms with van der Waals surface area (Å²) in [6.07, 6.45) is 0.0712. The lowest BCUT2D eigenvalue weighted by atomic mass is 10.4. The van der Waals surface area contributed by atoms with Gasteiger partial charge in [0.2, 0.25) is 5.91 Å². The topological polar surface area (TPSA) is 136 Å². The molecule has 1 rings (SSSR count). The van der Waals surface area contributed by atoms with E-state index in [1.807, 2.05) is 0 Å². The first kappa shape index (κ1) is 11.8. The Hall–Kier alpha value is -2.25. The van der Waals surface area contributed by atoms with Crippen molar-refractivity contribution in [2.24, 2.45) is 12.8 Å². The number of rotatable bonds is 4. The molecular formula is C8H13N5O3. The maximum atomic E-state index is 11.4. The van der Waals surface area contributed by atoms with Crippen molar-refractivity contribution in [2.75, 3.05) is 17.6 Å². The van der Waals surface area contributed by atoms with Crippen LogP contribution in [-0.2, 0) is 11.8 Å². The molecule has 1 heterocycles. The molecule has 0 unspecified atom stereocenters. The van der Waals surface area contributed by atoms with Gasteiger partial charge in [0.15, 0.2) is 0 Å². The Morgan fingerprint density at radius 2 is 2.12 bits per heavy atom. The summed E-state index contributed by atoms with van der Waals surface area (Å²) in [4.78, 5) is 35.1. The van der Waals surface area contributed by atoms with E-state index in [0.717, 1.165) is 4.57 Å². The Labute approximate surface area is 90.3 Å². The molecule has 0 aliphatic heterocycles. The number of primary amides is 1. The second-order valence-corrected chi connectivity index (χ2v) is 3.22. The van der Waals surface area contributed by atoms with Crippen LogP contribution in [0.5, 0.6) is 0 Å². The molecule has 0 bridgehead atoms. The molecule has 0 saturated carbocycles. The van der Waals surface area contributed by atoms with Crippen LogP contribution in [0.2, 0.25) is 0 Å². The van der Waals surface area contributed by atoms with Gasteiger partial charge in [-0.1, -0.05) is 0 Å². The fourth-order valence-corrected chi connectivity index (χ4v) is 1.12. The molecule has 6 N–H and O–H groups in total. The van der Waals surface area contributed by atoms with Gasteiger partial charge in [0.05, 0.1) is 0 Å². The van der Waals surface area contributed by atoms with Gasteiger partial charge < -0.3 is 16.8 Å². The number of hydrogen-bond acceptors (Lipinski definition) is 5. The third kappa shape index (κ3) is 2.41. The molecule has 0 saturated heterocycles. The molecule has 8 nitrogen and oxygen atoms in total. The van der Waals surface area contributed by atoms with E-state index in [4.69, 9.17) is 11.5 Å². The minimum atomic E-state index is -0.620. The van der Waals surface area contributed by atoms with Crippen LogP contribution in [0.1, 0.15) is 6.42 Å². The maximum Gasteiger partial charge on any atom is 0.329 e. The highest BCUT2D eigenvalue weighted by Gasteiger charge is 2.09. The summed E-state index contributed by atoms with van der Waals surface area (Å²) in [7, 11) is 1.42. The second-order valence-electron chi connectivity index (χ2n) is 3.22. The number of nitrogen functional groups attached to an aromatic ring is 1.